The minimum Gasteiger partial charge on any atom is -0.440 e. The predicted molar refractivity (Wildman–Crippen MR) is 146 cm³/mol. The van der Waals surface area contributed by atoms with Crippen LogP contribution in [-0.4, -0.2) is 42.4 Å². The average Bonchev–Trinajstić information content (AvgIpc) is 2.86. The second-order valence-corrected chi connectivity index (χ2v) is 8.93. The van der Waals surface area contributed by atoms with Crippen LogP contribution in [0.5, 0.6) is 0 Å². The normalized spacial score (nSPS) is 11.9. The number of anilines is 1. The van der Waals surface area contributed by atoms with Gasteiger partial charge in [0.25, 0.3) is 0 Å². The Bertz CT molecular complexity index is 883. The number of hydrogen-bond acceptors (Lipinski definition) is 5. The van der Waals surface area contributed by atoms with Crippen LogP contribution >= 0.6 is 15.9 Å². The molecular formula is C27H37BrLiN3O5-2. The van der Waals surface area contributed by atoms with Crippen molar-refractivity contribution in [1.82, 2.24) is 10.6 Å². The van der Waals surface area contributed by atoms with Gasteiger partial charge in [-0.1, -0.05) is 55.3 Å². The summed E-state index contributed by atoms with van der Waals surface area (Å²) in [5.41, 5.74) is 2.91. The van der Waals surface area contributed by atoms with E-state index in [9.17, 15) is 24.0 Å². The summed E-state index contributed by atoms with van der Waals surface area (Å²) in [4.78, 5) is 55.8. The zero-order chi connectivity index (χ0) is 27.5. The Morgan fingerprint density at radius 3 is 2.14 bits per heavy atom. The summed E-state index contributed by atoms with van der Waals surface area (Å²) in [7, 11) is 0. The molecule has 0 saturated carbocycles. The van der Waals surface area contributed by atoms with Gasteiger partial charge in [0.05, 0.1) is 0 Å². The fraction of sp³-hybridized carbons (Fsp3) is 0.481. The van der Waals surface area contributed by atoms with E-state index < -0.39 is 12.1 Å². The summed E-state index contributed by atoms with van der Waals surface area (Å²) < 4.78 is 0. The van der Waals surface area contributed by atoms with E-state index in [1.807, 2.05) is 39.0 Å². The topological polar surface area (TPSA) is 121 Å². The molecule has 1 rings (SSSR count). The van der Waals surface area contributed by atoms with Crippen molar-refractivity contribution in [3.63, 3.8) is 0 Å². The molecule has 0 aliphatic carbocycles. The molecule has 0 spiro atoms. The molecule has 0 aliphatic rings. The minimum absolute atomic E-state index is 0. The van der Waals surface area contributed by atoms with Crippen LogP contribution in [0.2, 0.25) is 0 Å². The van der Waals surface area contributed by atoms with E-state index in [1.54, 1.807) is 6.92 Å². The van der Waals surface area contributed by atoms with Crippen molar-refractivity contribution < 1.29 is 42.8 Å². The number of aryl methyl sites for hydroxylation is 1. The molecule has 0 saturated heterocycles. The molecule has 8 nitrogen and oxygen atoms in total. The number of amides is 3. The van der Waals surface area contributed by atoms with Crippen molar-refractivity contribution in [1.29, 1.82) is 0 Å². The van der Waals surface area contributed by atoms with Crippen LogP contribution in [0.3, 0.4) is 0 Å². The molecule has 0 aromatic heterocycles. The molecule has 1 aromatic carbocycles. The summed E-state index contributed by atoms with van der Waals surface area (Å²) in [6.45, 7) is 11.2. The monoisotopic (exact) mass is 569 g/mol. The number of allylic oxidation sites excluding steroid dienone is 2. The largest absolute Gasteiger partial charge is 1.00 e. The van der Waals surface area contributed by atoms with Crippen LogP contribution in [-0.2, 0) is 35.7 Å². The molecule has 0 aliphatic heterocycles. The van der Waals surface area contributed by atoms with Gasteiger partial charge in [-0.05, 0) is 42.9 Å². The second kappa shape index (κ2) is 21.8. The second-order valence-electron chi connectivity index (χ2n) is 8.37. The Kier molecular flexibility index (Phi) is 21.8. The molecule has 0 heterocycles. The van der Waals surface area contributed by atoms with Gasteiger partial charge in [-0.25, -0.2) is 0 Å². The molecule has 200 valence electrons. The van der Waals surface area contributed by atoms with Gasteiger partial charge in [0.2, 0.25) is 17.7 Å². The quantitative estimate of drug-likeness (QED) is 0.101. The Morgan fingerprint density at radius 1 is 1.03 bits per heavy atom. The molecule has 0 fully saturated rings. The molecule has 37 heavy (non-hydrogen) atoms. The van der Waals surface area contributed by atoms with Crippen molar-refractivity contribution in [2.45, 2.75) is 77.2 Å². The predicted octanol–water partition coefficient (Wildman–Crippen LogP) is 0.888. The smallest absolute Gasteiger partial charge is 0.440 e. The summed E-state index contributed by atoms with van der Waals surface area (Å²) in [6.07, 6.45) is 8.21. The zero-order valence-corrected chi connectivity index (χ0v) is 24.1. The third-order valence-electron chi connectivity index (χ3n) is 5.10. The molecule has 1 aromatic rings. The van der Waals surface area contributed by atoms with Crippen LogP contribution in [0.25, 0.3) is 0 Å². The summed E-state index contributed by atoms with van der Waals surface area (Å²) in [5, 5.41) is 9.17. The van der Waals surface area contributed by atoms with Crippen molar-refractivity contribution in [3.05, 3.63) is 48.4 Å². The van der Waals surface area contributed by atoms with Gasteiger partial charge >= 0.3 is 18.9 Å². The maximum Gasteiger partial charge on any atom is 1.00 e. The number of unbranched alkanes of at least 4 members (excludes halogenated alkanes) is 2. The van der Waals surface area contributed by atoms with Crippen LogP contribution in [0.15, 0.2) is 30.4 Å². The Labute approximate surface area is 241 Å². The van der Waals surface area contributed by atoms with Crippen molar-refractivity contribution in [3.8, 4) is 0 Å². The van der Waals surface area contributed by atoms with E-state index in [2.05, 4.69) is 38.8 Å². The van der Waals surface area contributed by atoms with E-state index in [-0.39, 0.29) is 42.5 Å². The van der Waals surface area contributed by atoms with Gasteiger partial charge in [-0.3, -0.25) is 14.4 Å². The van der Waals surface area contributed by atoms with Gasteiger partial charge in [0, 0.05) is 17.4 Å². The molecule has 0 radical (unpaired) electrons. The van der Waals surface area contributed by atoms with Crippen molar-refractivity contribution >= 4 is 51.9 Å². The fourth-order valence-corrected chi connectivity index (χ4v) is 3.41. The van der Waals surface area contributed by atoms with Crippen molar-refractivity contribution in [2.75, 3.05) is 5.32 Å². The first-order valence-corrected chi connectivity index (χ1v) is 13.0. The van der Waals surface area contributed by atoms with Crippen LogP contribution in [0.1, 0.15) is 64.5 Å². The van der Waals surface area contributed by atoms with Gasteiger partial charge in [-0.15, -0.1) is 12.6 Å². The number of nitrogens with one attached hydrogen (secondary N) is 3. The SMILES string of the molecule is O=[C-]/C=C\[C-]=O.[CH2-]CCCCC(=O)N[C@H](C(=O)N[C@@H](C)C(=O)Nc1ccc(CBr)cc1CC)C(C)C.[Li+]. The molecule has 2 atom stereocenters. The summed E-state index contributed by atoms with van der Waals surface area (Å²) >= 11 is 3.44. The molecule has 3 N–H and O–H groups in total. The Balaban J connectivity index is 0. The van der Waals surface area contributed by atoms with E-state index in [4.69, 9.17) is 0 Å². The third-order valence-corrected chi connectivity index (χ3v) is 5.75. The standard InChI is InChI=1S/C23H35BrN3O3.C4H2O2.Li/c1-6-8-9-10-20(28)27-21(15(3)4)23(30)25-16(5)22(29)26-19-12-11-17(14-24)13-18(19)7-2;5-3-1-2-4-6;/h11-13,15-16,21H,1,6-10,14H2,2-5H3,(H,25,30)(H,26,29)(H,27,28);1-2H;/q-1;-2;+1/b;2-1-;/t16-,21-;;/m0../s1. The first-order chi connectivity index (χ1) is 17.1. The van der Waals surface area contributed by atoms with E-state index in [0.29, 0.717) is 6.42 Å². The van der Waals surface area contributed by atoms with E-state index in [0.717, 1.165) is 60.0 Å². The minimum atomic E-state index is -0.734. The van der Waals surface area contributed by atoms with Gasteiger partial charge in [-0.2, -0.15) is 6.42 Å². The first-order valence-electron chi connectivity index (χ1n) is 11.9. The number of carbonyl (C=O) groups is 3. The van der Waals surface area contributed by atoms with Crippen LogP contribution < -0.4 is 34.8 Å². The van der Waals surface area contributed by atoms with E-state index >= 15 is 0 Å². The van der Waals surface area contributed by atoms with Gasteiger partial charge in [0.1, 0.15) is 12.1 Å². The zero-order valence-electron chi connectivity index (χ0n) is 22.5. The third kappa shape index (κ3) is 15.6. The maximum absolute atomic E-state index is 12.7. The molecule has 0 unspecified atom stereocenters. The number of carbonyl (C=O) groups excluding carboxylic acids is 5. The molecular weight excluding hydrogens is 533 g/mol. The van der Waals surface area contributed by atoms with Crippen molar-refractivity contribution in [2.24, 2.45) is 5.92 Å². The fourth-order valence-electron chi connectivity index (χ4n) is 3.07. The number of halogens is 1. The maximum atomic E-state index is 12.7. The van der Waals surface area contributed by atoms with Gasteiger partial charge in [0.15, 0.2) is 0 Å². The van der Waals surface area contributed by atoms with Gasteiger partial charge < -0.3 is 44.6 Å². The summed E-state index contributed by atoms with van der Waals surface area (Å²) in [5.74, 6) is -0.910. The molecule has 3 amide bonds. The first kappa shape index (κ1) is 36.9. The number of hydrogen-bond donors (Lipinski definition) is 3. The molecule has 0 bridgehead atoms. The van der Waals surface area contributed by atoms with Crippen LogP contribution in [0.4, 0.5) is 5.69 Å². The number of alkyl halides is 1. The number of benzene rings is 1. The number of rotatable bonds is 14. The van der Waals surface area contributed by atoms with Crippen LogP contribution in [0, 0.1) is 12.8 Å². The molecule has 10 heteroatoms. The Hall–Kier alpha value is -2.21. The summed E-state index contributed by atoms with van der Waals surface area (Å²) in [6, 6.07) is 4.46. The average molecular weight is 570 g/mol. The Morgan fingerprint density at radius 2 is 1.65 bits per heavy atom. The van der Waals surface area contributed by atoms with E-state index in [1.165, 1.54) is 12.6 Å².